The van der Waals surface area contributed by atoms with Crippen molar-refractivity contribution < 1.29 is 47.7 Å². The fraction of sp³-hybridized carbons (Fsp3) is 0.615. The van der Waals surface area contributed by atoms with Crippen molar-refractivity contribution in [3.05, 3.63) is 107 Å². The summed E-state index contributed by atoms with van der Waals surface area (Å²) in [6.45, 7) is 22.3. The Bertz CT molecular complexity index is 1880. The SMILES string of the molecule is CCC1(CC)CC2(CC(C)(C)N1OC(C)c1ccccc1)OCC(COC(=O)c1ccc(C(=O)OCC3COC4(CC(C)(C)N(OC(C)c5ccccc5)C(CC)(CC)C4)O3)cc1)O2. The molecule has 64 heavy (non-hydrogen) atoms. The van der Waals surface area contributed by atoms with Gasteiger partial charge in [0.05, 0.1) is 35.4 Å². The van der Waals surface area contributed by atoms with Gasteiger partial charge >= 0.3 is 11.9 Å². The van der Waals surface area contributed by atoms with E-state index in [1.807, 2.05) is 36.4 Å². The molecule has 3 aromatic carbocycles. The third-order valence-electron chi connectivity index (χ3n) is 14.2. The molecule has 6 atom stereocenters. The van der Waals surface area contributed by atoms with Crippen molar-refractivity contribution in [3.8, 4) is 0 Å². The molecule has 4 aliphatic rings. The maximum atomic E-state index is 13.2. The summed E-state index contributed by atoms with van der Waals surface area (Å²) in [5.41, 5.74) is 1.40. The zero-order valence-electron chi connectivity index (χ0n) is 39.9. The number of piperidine rings is 2. The number of hydrogen-bond acceptors (Lipinski definition) is 12. The Morgan fingerprint density at radius 3 is 1.23 bits per heavy atom. The minimum absolute atomic E-state index is 0.0406. The average Bonchev–Trinajstić information content (AvgIpc) is 3.88. The van der Waals surface area contributed by atoms with Crippen LogP contribution in [0.25, 0.3) is 0 Å². The van der Waals surface area contributed by atoms with Crippen LogP contribution in [0.5, 0.6) is 0 Å². The first-order chi connectivity index (χ1) is 30.4. The Labute approximate surface area is 381 Å². The van der Waals surface area contributed by atoms with Crippen LogP contribution in [-0.4, -0.2) is 94.4 Å². The molecule has 0 N–H and O–H groups in total. The van der Waals surface area contributed by atoms with Gasteiger partial charge in [-0.05, 0) is 103 Å². The van der Waals surface area contributed by atoms with E-state index in [9.17, 15) is 9.59 Å². The summed E-state index contributed by atoms with van der Waals surface area (Å²) in [5.74, 6) is -2.68. The zero-order chi connectivity index (χ0) is 46.0. The summed E-state index contributed by atoms with van der Waals surface area (Å²) in [4.78, 5) is 40.0. The van der Waals surface area contributed by atoms with Crippen LogP contribution in [0.2, 0.25) is 0 Å². The second-order valence-corrected chi connectivity index (χ2v) is 19.8. The molecule has 0 amide bonds. The van der Waals surface area contributed by atoms with E-state index in [-0.39, 0.29) is 36.5 Å². The monoisotopic (exact) mass is 885 g/mol. The molecule has 4 aliphatic heterocycles. The topological polar surface area (TPSA) is 114 Å². The highest BCUT2D eigenvalue weighted by atomic mass is 16.8. The maximum absolute atomic E-state index is 13.2. The van der Waals surface area contributed by atoms with Crippen LogP contribution in [0, 0.1) is 0 Å². The molecule has 0 aromatic heterocycles. The molecule has 2 spiro atoms. The molecule has 0 bridgehead atoms. The molecule has 12 nitrogen and oxygen atoms in total. The molecule has 0 radical (unpaired) electrons. The van der Waals surface area contributed by atoms with Gasteiger partial charge in [0, 0.05) is 36.8 Å². The van der Waals surface area contributed by atoms with E-state index in [1.165, 1.54) is 0 Å². The largest absolute Gasteiger partial charge is 0.459 e. The van der Waals surface area contributed by atoms with E-state index in [2.05, 4.69) is 104 Å². The van der Waals surface area contributed by atoms with Gasteiger partial charge in [0.1, 0.15) is 37.6 Å². The minimum atomic E-state index is -0.832. The predicted molar refractivity (Wildman–Crippen MR) is 243 cm³/mol. The van der Waals surface area contributed by atoms with Crippen LogP contribution in [-0.2, 0) is 38.1 Å². The quantitative estimate of drug-likeness (QED) is 0.128. The van der Waals surface area contributed by atoms with Gasteiger partial charge in [0.15, 0.2) is 11.6 Å². The molecule has 3 aromatic rings. The lowest BCUT2D eigenvalue weighted by Gasteiger charge is -2.59. The normalized spacial score (nSPS) is 28.2. The molecule has 4 fully saturated rings. The highest BCUT2D eigenvalue weighted by molar-refractivity contribution is 5.93. The first-order valence-corrected chi connectivity index (χ1v) is 23.6. The van der Waals surface area contributed by atoms with Crippen molar-refractivity contribution in [1.29, 1.82) is 0 Å². The van der Waals surface area contributed by atoms with E-state index < -0.39 is 46.8 Å². The van der Waals surface area contributed by atoms with Crippen molar-refractivity contribution in [2.45, 2.75) is 179 Å². The van der Waals surface area contributed by atoms with Crippen LogP contribution >= 0.6 is 0 Å². The number of carbonyl (C=O) groups excluding carboxylic acids is 2. The van der Waals surface area contributed by atoms with E-state index in [0.29, 0.717) is 50.0 Å². The van der Waals surface area contributed by atoms with Gasteiger partial charge in [-0.1, -0.05) is 88.4 Å². The van der Waals surface area contributed by atoms with Gasteiger partial charge in [0.2, 0.25) is 0 Å². The van der Waals surface area contributed by atoms with Gasteiger partial charge in [-0.3, -0.25) is 9.68 Å². The minimum Gasteiger partial charge on any atom is -0.459 e. The number of ether oxygens (including phenoxy) is 6. The highest BCUT2D eigenvalue weighted by Gasteiger charge is 2.61. The van der Waals surface area contributed by atoms with E-state index >= 15 is 0 Å². The number of carbonyl (C=O) groups is 2. The fourth-order valence-corrected chi connectivity index (χ4v) is 11.0. The fourth-order valence-electron chi connectivity index (χ4n) is 11.0. The molecule has 0 saturated carbocycles. The van der Waals surface area contributed by atoms with Gasteiger partial charge in [0.25, 0.3) is 0 Å². The van der Waals surface area contributed by atoms with Crippen molar-refractivity contribution >= 4 is 11.9 Å². The van der Waals surface area contributed by atoms with Gasteiger partial charge < -0.3 is 28.4 Å². The summed E-state index contributed by atoms with van der Waals surface area (Å²) in [5, 5.41) is 4.40. The van der Waals surface area contributed by atoms with Crippen molar-refractivity contribution in [1.82, 2.24) is 10.1 Å². The Hall–Kier alpha value is -3.72. The second-order valence-electron chi connectivity index (χ2n) is 19.8. The van der Waals surface area contributed by atoms with Crippen LogP contribution in [0.4, 0.5) is 0 Å². The summed E-state index contributed by atoms with van der Waals surface area (Å²) in [7, 11) is 0. The van der Waals surface area contributed by atoms with Gasteiger partial charge in [-0.15, -0.1) is 0 Å². The third kappa shape index (κ3) is 10.0. The predicted octanol–water partition coefficient (Wildman–Crippen LogP) is 10.5. The molecule has 350 valence electrons. The Kier molecular flexibility index (Phi) is 14.5. The first-order valence-electron chi connectivity index (χ1n) is 23.6. The maximum Gasteiger partial charge on any atom is 0.338 e. The van der Waals surface area contributed by atoms with Gasteiger partial charge in [-0.25, -0.2) is 9.59 Å². The highest BCUT2D eigenvalue weighted by Crippen LogP contribution is 2.53. The number of hydrogen-bond donors (Lipinski definition) is 0. The second kappa shape index (κ2) is 19.2. The number of hydroxylamine groups is 4. The molecular weight excluding hydrogens is 813 g/mol. The first kappa shape index (κ1) is 48.2. The van der Waals surface area contributed by atoms with Gasteiger partial charge in [-0.2, -0.15) is 10.1 Å². The molecule has 6 unspecified atom stereocenters. The van der Waals surface area contributed by atoms with E-state index in [1.54, 1.807) is 24.3 Å². The lowest BCUT2D eigenvalue weighted by Crippen LogP contribution is -2.67. The third-order valence-corrected chi connectivity index (χ3v) is 14.2. The Balaban J connectivity index is 0.896. The van der Waals surface area contributed by atoms with E-state index in [0.717, 1.165) is 36.8 Å². The molecule has 4 saturated heterocycles. The number of esters is 2. The summed E-state index contributed by atoms with van der Waals surface area (Å²) in [6, 6.07) is 26.8. The molecule has 4 heterocycles. The van der Waals surface area contributed by atoms with Crippen LogP contribution in [0.3, 0.4) is 0 Å². The standard InChI is InChI=1S/C52H72N2O10/c1-11-49(12-2)35-51(33-47(7,8)53(49)63-37(5)39-21-17-15-18-22-39)59-31-43(61-51)29-57-45(55)41-25-27-42(28-26-41)46(56)58-30-44-32-60-52(62-44)34-48(9,10)54(50(13-3,14-4)36-52)64-38(6)40-23-19-16-20-24-40/h15-28,37-38,43-44H,11-14,29-36H2,1-10H3. The lowest BCUT2D eigenvalue weighted by atomic mass is 9.73. The summed E-state index contributed by atoms with van der Waals surface area (Å²) >= 11 is 0. The smallest absolute Gasteiger partial charge is 0.338 e. The van der Waals surface area contributed by atoms with Crippen LogP contribution in [0.15, 0.2) is 84.9 Å². The van der Waals surface area contributed by atoms with Crippen molar-refractivity contribution in [2.75, 3.05) is 26.4 Å². The summed E-state index contributed by atoms with van der Waals surface area (Å²) < 4.78 is 37.8. The van der Waals surface area contributed by atoms with Crippen molar-refractivity contribution in [2.24, 2.45) is 0 Å². The number of rotatable bonds is 16. The Morgan fingerprint density at radius 2 is 0.906 bits per heavy atom. The van der Waals surface area contributed by atoms with Crippen molar-refractivity contribution in [3.63, 3.8) is 0 Å². The summed E-state index contributed by atoms with van der Waals surface area (Å²) in [6.07, 6.45) is 4.71. The molecule has 12 heteroatoms. The lowest BCUT2D eigenvalue weighted by molar-refractivity contribution is -0.360. The molecule has 7 rings (SSSR count). The van der Waals surface area contributed by atoms with Crippen LogP contribution < -0.4 is 0 Å². The van der Waals surface area contributed by atoms with Crippen LogP contribution in [0.1, 0.15) is 165 Å². The zero-order valence-corrected chi connectivity index (χ0v) is 39.9. The number of benzene rings is 3. The molecular formula is C52H72N2O10. The Morgan fingerprint density at radius 1 is 0.562 bits per heavy atom. The average molecular weight is 885 g/mol. The number of nitrogens with zero attached hydrogens (tertiary/aromatic N) is 2. The van der Waals surface area contributed by atoms with E-state index in [4.69, 9.17) is 38.1 Å². The molecule has 0 aliphatic carbocycles.